The predicted molar refractivity (Wildman–Crippen MR) is 307 cm³/mol. The van der Waals surface area contributed by atoms with Crippen LogP contribution in [0.5, 0.6) is 0 Å². The maximum atomic E-state index is 15.1. The number of hydrogen-bond donors (Lipinski definition) is 0. The van der Waals surface area contributed by atoms with Gasteiger partial charge in [0, 0.05) is 22.3 Å². The molecule has 0 saturated carbocycles. The van der Waals surface area contributed by atoms with E-state index in [0.29, 0.717) is 48.5 Å². The number of carbonyl (C=O) groups is 2. The summed E-state index contributed by atoms with van der Waals surface area (Å²) in [7, 11) is 0. The predicted octanol–water partition coefficient (Wildman–Crippen LogP) is 24.2. The second-order valence-corrected chi connectivity index (χ2v) is 22.7. The maximum Gasteiger partial charge on any atom is 0.416 e. The number of rotatable bonds is 4. The molecule has 0 radical (unpaired) electrons. The highest BCUT2D eigenvalue weighted by atomic mass is 19.4. The minimum absolute atomic E-state index is 0.185. The van der Waals surface area contributed by atoms with E-state index in [2.05, 4.69) is 0 Å². The molecule has 0 spiro atoms. The number of carbonyl (C=O) groups excluding carboxylic acids is 2. The standard InChI is InChI=1S/C70H28F24O2/c71-63(72,73)37-9-33(10-38(25-37)64(74,75)76)57-45-5-1-2-6-46(45)58(34-11-39(65(77,78)79)26-40(12-34)66(80,81)82)50-18-30-22-54-53(21-29(30)17-49(50)57)61(95)55-23-31-19-51-52(20-32(31)24-56(55)62(54)96)60(36-15-43(69(89,90)91)28-44(16-36)70(92,93)94)48-8-4-3-7-47(48)59(51)35-13-41(67(83,84)85)27-42(14-35)68(86,87)88/h1-28H. The first-order valence-corrected chi connectivity index (χ1v) is 27.6. The van der Waals surface area contributed by atoms with E-state index < -0.39 is 194 Å². The van der Waals surface area contributed by atoms with E-state index in [1.54, 1.807) is 0 Å². The molecule has 0 unspecified atom stereocenters. The zero-order valence-corrected chi connectivity index (χ0v) is 47.1. The third-order valence-electron chi connectivity index (χ3n) is 16.7. The first-order chi connectivity index (χ1) is 44.4. The smallest absolute Gasteiger partial charge is 0.289 e. The summed E-state index contributed by atoms with van der Waals surface area (Å²) < 4.78 is 350. The third-order valence-corrected chi connectivity index (χ3v) is 16.7. The summed E-state index contributed by atoms with van der Waals surface area (Å²) in [6, 6.07) is 19.6. The Bertz CT molecular complexity index is 4590. The molecule has 0 heterocycles. The van der Waals surface area contributed by atoms with Gasteiger partial charge in [0.1, 0.15) is 0 Å². The molecule has 26 heteroatoms. The summed E-state index contributed by atoms with van der Waals surface area (Å²) in [5.41, 5.74) is -22.0. The number of ketones is 2. The van der Waals surface area contributed by atoms with E-state index in [1.165, 1.54) is 24.3 Å². The van der Waals surface area contributed by atoms with Crippen molar-refractivity contribution in [2.45, 2.75) is 49.4 Å². The van der Waals surface area contributed by atoms with Crippen LogP contribution in [0.1, 0.15) is 76.4 Å². The molecule has 0 saturated heterocycles. The van der Waals surface area contributed by atoms with Crippen molar-refractivity contribution in [1.82, 2.24) is 0 Å². The second kappa shape index (κ2) is 21.2. The lowest BCUT2D eigenvalue weighted by atomic mass is 9.79. The normalized spacial score (nSPS) is 13.9. The first kappa shape index (κ1) is 64.6. The van der Waals surface area contributed by atoms with Crippen LogP contribution in [0, 0.1) is 0 Å². The van der Waals surface area contributed by atoms with Crippen molar-refractivity contribution in [3.8, 4) is 44.5 Å². The van der Waals surface area contributed by atoms with Gasteiger partial charge in [-0.15, -0.1) is 0 Å². The Hall–Kier alpha value is -10.1. The van der Waals surface area contributed by atoms with Gasteiger partial charge in [0.05, 0.1) is 44.5 Å². The molecule has 12 aromatic rings. The second-order valence-electron chi connectivity index (χ2n) is 22.7. The molecule has 0 atom stereocenters. The zero-order valence-electron chi connectivity index (χ0n) is 47.1. The van der Waals surface area contributed by atoms with Crippen LogP contribution >= 0.6 is 0 Å². The van der Waals surface area contributed by atoms with Crippen molar-refractivity contribution < 1.29 is 115 Å². The molecule has 488 valence electrons. The van der Waals surface area contributed by atoms with Gasteiger partial charge in [-0.05, 0) is 230 Å². The fourth-order valence-electron chi connectivity index (χ4n) is 12.6. The topological polar surface area (TPSA) is 34.1 Å². The van der Waals surface area contributed by atoms with Crippen molar-refractivity contribution in [1.29, 1.82) is 0 Å². The van der Waals surface area contributed by atoms with Gasteiger partial charge in [0.25, 0.3) is 0 Å². The quantitative estimate of drug-likeness (QED) is 0.130. The Kier molecular flexibility index (Phi) is 14.2. The molecule has 0 fully saturated rings. The van der Waals surface area contributed by atoms with Crippen LogP contribution in [0.4, 0.5) is 105 Å². The molecule has 0 bridgehead atoms. The molecule has 0 N–H and O–H groups in total. The van der Waals surface area contributed by atoms with Crippen LogP contribution in [0.3, 0.4) is 0 Å². The van der Waals surface area contributed by atoms with E-state index in [1.807, 2.05) is 0 Å². The summed E-state index contributed by atoms with van der Waals surface area (Å²) >= 11 is 0. The van der Waals surface area contributed by atoms with E-state index in [0.717, 1.165) is 72.8 Å². The SMILES string of the molecule is O=C1c2cc3cc4c(-c5cc(C(F)(F)F)cc(C(F)(F)F)c5)c5ccccc5c(-c5cc(C(F)(F)F)cc(C(F)(F)F)c5)c4cc3cc2C(=O)c2cc3cc4c(-c5cc(C(F)(F)F)cc(C(F)(F)F)c5)c5ccccc5c(-c5cc(C(F)(F)F)cc(C(F)(F)F)c5)c4cc3cc21. The molecule has 1 aliphatic rings. The lowest BCUT2D eigenvalue weighted by Crippen LogP contribution is -2.21. The van der Waals surface area contributed by atoms with Crippen LogP contribution in [-0.2, 0) is 49.4 Å². The summed E-state index contributed by atoms with van der Waals surface area (Å²) in [6.45, 7) is 0. The van der Waals surface area contributed by atoms with Gasteiger partial charge in [-0.25, -0.2) is 0 Å². The van der Waals surface area contributed by atoms with Crippen molar-refractivity contribution in [3.05, 3.63) is 237 Å². The monoisotopic (exact) mass is 1360 g/mol. The van der Waals surface area contributed by atoms with Crippen LogP contribution < -0.4 is 0 Å². The molecule has 0 amide bonds. The van der Waals surface area contributed by atoms with E-state index in [9.17, 15) is 105 Å². The minimum Gasteiger partial charge on any atom is -0.289 e. The molecule has 13 rings (SSSR count). The Balaban J connectivity index is 1.11. The lowest BCUT2D eigenvalue weighted by molar-refractivity contribution is -0.144. The summed E-state index contributed by atoms with van der Waals surface area (Å²) in [6.07, 6.45) is -43.8. The Morgan fingerprint density at radius 1 is 0.188 bits per heavy atom. The van der Waals surface area contributed by atoms with E-state index in [-0.39, 0.29) is 67.4 Å². The third kappa shape index (κ3) is 11.1. The highest BCUT2D eigenvalue weighted by molar-refractivity contribution is 6.32. The number of halogens is 24. The Labute approximate surface area is 520 Å². The summed E-state index contributed by atoms with van der Waals surface area (Å²) in [5.74, 6) is -2.12. The largest absolute Gasteiger partial charge is 0.416 e. The van der Waals surface area contributed by atoms with Gasteiger partial charge < -0.3 is 0 Å². The van der Waals surface area contributed by atoms with Crippen LogP contribution in [-0.4, -0.2) is 11.6 Å². The molecule has 0 aliphatic heterocycles. The van der Waals surface area contributed by atoms with Crippen molar-refractivity contribution in [3.63, 3.8) is 0 Å². The van der Waals surface area contributed by atoms with Gasteiger partial charge >= 0.3 is 49.4 Å². The fraction of sp³-hybridized carbons (Fsp3) is 0.114. The van der Waals surface area contributed by atoms with E-state index >= 15 is 9.59 Å². The number of fused-ring (bicyclic) bond motifs is 8. The highest BCUT2D eigenvalue weighted by Crippen LogP contribution is 2.53. The van der Waals surface area contributed by atoms with E-state index in [4.69, 9.17) is 0 Å². The summed E-state index contributed by atoms with van der Waals surface area (Å²) in [4.78, 5) is 30.2. The fourth-order valence-corrected chi connectivity index (χ4v) is 12.6. The average molecular weight is 1360 g/mol. The van der Waals surface area contributed by atoms with Gasteiger partial charge in [-0.2, -0.15) is 105 Å². The molecule has 1 aliphatic carbocycles. The molecule has 0 aromatic heterocycles. The maximum absolute atomic E-state index is 15.1. The number of benzene rings is 12. The Morgan fingerprint density at radius 2 is 0.344 bits per heavy atom. The average Bonchev–Trinajstić information content (AvgIpc) is 0.719. The minimum atomic E-state index is -5.47. The number of alkyl halides is 24. The highest BCUT2D eigenvalue weighted by Gasteiger charge is 2.43. The van der Waals surface area contributed by atoms with Crippen molar-refractivity contribution >= 4 is 76.2 Å². The molecule has 2 nitrogen and oxygen atoms in total. The van der Waals surface area contributed by atoms with Gasteiger partial charge in [-0.1, -0.05) is 48.5 Å². The van der Waals surface area contributed by atoms with Crippen LogP contribution in [0.15, 0.2) is 170 Å². The number of hydrogen-bond acceptors (Lipinski definition) is 2. The molecule has 96 heavy (non-hydrogen) atoms. The van der Waals surface area contributed by atoms with Gasteiger partial charge in [0.15, 0.2) is 11.6 Å². The zero-order chi connectivity index (χ0) is 69.4. The van der Waals surface area contributed by atoms with Crippen LogP contribution in [0.2, 0.25) is 0 Å². The molecule has 12 aromatic carbocycles. The van der Waals surface area contributed by atoms with Gasteiger partial charge in [-0.3, -0.25) is 9.59 Å². The van der Waals surface area contributed by atoms with Gasteiger partial charge in [0.2, 0.25) is 0 Å². The molecular weight excluding hydrogens is 1330 g/mol. The summed E-state index contributed by atoms with van der Waals surface area (Å²) in [5, 5.41) is -3.68. The molecular formula is C70H28F24O2. The van der Waals surface area contributed by atoms with Crippen LogP contribution in [0.25, 0.3) is 109 Å². The first-order valence-electron chi connectivity index (χ1n) is 27.6. The van der Waals surface area contributed by atoms with Crippen molar-refractivity contribution in [2.24, 2.45) is 0 Å². The lowest BCUT2D eigenvalue weighted by Gasteiger charge is -2.23. The Morgan fingerprint density at radius 3 is 0.490 bits per heavy atom. The van der Waals surface area contributed by atoms with Crippen molar-refractivity contribution in [2.75, 3.05) is 0 Å².